The molecule has 0 aliphatic heterocycles. The Morgan fingerprint density at radius 3 is 2.67 bits per heavy atom. The van der Waals surface area contributed by atoms with Crippen LogP contribution in [0.5, 0.6) is 0 Å². The zero-order chi connectivity index (χ0) is 10.7. The summed E-state index contributed by atoms with van der Waals surface area (Å²) in [5, 5.41) is 2.56. The van der Waals surface area contributed by atoms with E-state index in [9.17, 15) is 4.79 Å². The molecule has 2 rings (SSSR count). The first-order chi connectivity index (χ1) is 7.27. The second-order valence-electron chi connectivity index (χ2n) is 3.03. The van der Waals surface area contributed by atoms with Crippen molar-refractivity contribution in [2.45, 2.75) is 6.42 Å². The first-order valence-corrected chi connectivity index (χ1v) is 5.68. The summed E-state index contributed by atoms with van der Waals surface area (Å²) in [6.45, 7) is 0. The molecule has 15 heavy (non-hydrogen) atoms. The van der Waals surface area contributed by atoms with E-state index >= 15 is 0 Å². The van der Waals surface area contributed by atoms with Gasteiger partial charge in [0, 0.05) is 29.3 Å². The van der Waals surface area contributed by atoms with Crippen molar-refractivity contribution in [2.24, 2.45) is 0 Å². The Balaban J connectivity index is 2.15. The van der Waals surface area contributed by atoms with Gasteiger partial charge in [-0.2, -0.15) is 0 Å². The Labute approximate surface area is 96.5 Å². The molecule has 2 aromatic rings. The standard InChI is InChI=1S/C11H8ClNOS/c12-9-3-6-15-11(9)7-10(14)8-1-4-13-5-2-8/h1-6H,7H2. The van der Waals surface area contributed by atoms with E-state index in [2.05, 4.69) is 4.98 Å². The number of ketones is 1. The quantitative estimate of drug-likeness (QED) is 0.768. The maximum atomic E-state index is 11.8. The lowest BCUT2D eigenvalue weighted by atomic mass is 10.1. The summed E-state index contributed by atoms with van der Waals surface area (Å²) >= 11 is 7.42. The number of halogens is 1. The Hall–Kier alpha value is -1.19. The summed E-state index contributed by atoms with van der Waals surface area (Å²) < 4.78 is 0. The van der Waals surface area contributed by atoms with E-state index in [0.29, 0.717) is 17.0 Å². The van der Waals surface area contributed by atoms with Crippen LogP contribution in [-0.4, -0.2) is 10.8 Å². The van der Waals surface area contributed by atoms with Crippen LogP contribution in [0.4, 0.5) is 0 Å². The molecule has 0 aromatic carbocycles. The summed E-state index contributed by atoms with van der Waals surface area (Å²) in [5.41, 5.74) is 0.675. The highest BCUT2D eigenvalue weighted by Gasteiger charge is 2.10. The number of carbonyl (C=O) groups excluding carboxylic acids is 1. The van der Waals surface area contributed by atoms with Crippen LogP contribution in [0.15, 0.2) is 36.0 Å². The molecule has 0 bridgehead atoms. The fraction of sp³-hybridized carbons (Fsp3) is 0.0909. The Kier molecular flexibility index (Phi) is 3.14. The van der Waals surface area contributed by atoms with E-state index in [1.165, 1.54) is 11.3 Å². The van der Waals surface area contributed by atoms with E-state index in [4.69, 9.17) is 11.6 Å². The van der Waals surface area contributed by atoms with Crippen molar-refractivity contribution in [3.05, 3.63) is 51.4 Å². The average Bonchev–Trinajstić information content (AvgIpc) is 2.66. The van der Waals surface area contributed by atoms with Crippen LogP contribution in [0, 0.1) is 0 Å². The van der Waals surface area contributed by atoms with Crippen LogP contribution in [0.3, 0.4) is 0 Å². The minimum Gasteiger partial charge on any atom is -0.294 e. The summed E-state index contributed by atoms with van der Waals surface area (Å²) in [5.74, 6) is 0.0711. The smallest absolute Gasteiger partial charge is 0.168 e. The van der Waals surface area contributed by atoms with Gasteiger partial charge in [0.15, 0.2) is 5.78 Å². The van der Waals surface area contributed by atoms with Gasteiger partial charge in [0.1, 0.15) is 0 Å². The second-order valence-corrected chi connectivity index (χ2v) is 4.44. The zero-order valence-electron chi connectivity index (χ0n) is 7.81. The number of thiophene rings is 1. The van der Waals surface area contributed by atoms with Gasteiger partial charge in [0.25, 0.3) is 0 Å². The van der Waals surface area contributed by atoms with Crippen LogP contribution in [0.25, 0.3) is 0 Å². The van der Waals surface area contributed by atoms with Crippen molar-refractivity contribution in [3.8, 4) is 0 Å². The molecule has 2 heterocycles. The highest BCUT2D eigenvalue weighted by Crippen LogP contribution is 2.23. The van der Waals surface area contributed by atoms with Gasteiger partial charge in [-0.05, 0) is 23.6 Å². The lowest BCUT2D eigenvalue weighted by Crippen LogP contribution is -2.02. The van der Waals surface area contributed by atoms with E-state index in [0.717, 1.165) is 4.88 Å². The van der Waals surface area contributed by atoms with Gasteiger partial charge < -0.3 is 0 Å². The molecule has 2 nitrogen and oxygen atoms in total. The molecule has 0 radical (unpaired) electrons. The maximum absolute atomic E-state index is 11.8. The molecule has 2 aromatic heterocycles. The number of rotatable bonds is 3. The molecule has 0 fully saturated rings. The van der Waals surface area contributed by atoms with Crippen molar-refractivity contribution in [1.82, 2.24) is 4.98 Å². The monoisotopic (exact) mass is 237 g/mol. The third-order valence-electron chi connectivity index (χ3n) is 2.01. The van der Waals surface area contributed by atoms with Crippen LogP contribution in [0.2, 0.25) is 5.02 Å². The lowest BCUT2D eigenvalue weighted by Gasteiger charge is -1.98. The molecule has 0 N–H and O–H groups in total. The minimum absolute atomic E-state index is 0.0711. The van der Waals surface area contributed by atoms with Crippen molar-refractivity contribution in [2.75, 3.05) is 0 Å². The molecule has 0 aliphatic carbocycles. The van der Waals surface area contributed by atoms with Crippen molar-refractivity contribution in [1.29, 1.82) is 0 Å². The fourth-order valence-electron chi connectivity index (χ4n) is 1.24. The molecular weight excluding hydrogens is 230 g/mol. The molecule has 0 spiro atoms. The third kappa shape index (κ3) is 2.43. The topological polar surface area (TPSA) is 30.0 Å². The van der Waals surface area contributed by atoms with Gasteiger partial charge in [-0.25, -0.2) is 0 Å². The van der Waals surface area contributed by atoms with Gasteiger partial charge in [-0.3, -0.25) is 9.78 Å². The van der Waals surface area contributed by atoms with Crippen LogP contribution >= 0.6 is 22.9 Å². The summed E-state index contributed by atoms with van der Waals surface area (Å²) in [4.78, 5) is 16.6. The summed E-state index contributed by atoms with van der Waals surface area (Å²) in [6.07, 6.45) is 3.59. The van der Waals surface area contributed by atoms with E-state index < -0.39 is 0 Å². The molecule has 0 atom stereocenters. The Bertz CT molecular complexity index is 466. The highest BCUT2D eigenvalue weighted by atomic mass is 35.5. The SMILES string of the molecule is O=C(Cc1sccc1Cl)c1ccncc1. The number of nitrogens with zero attached hydrogens (tertiary/aromatic N) is 1. The zero-order valence-corrected chi connectivity index (χ0v) is 9.39. The van der Waals surface area contributed by atoms with Crippen molar-refractivity contribution < 1.29 is 4.79 Å². The van der Waals surface area contributed by atoms with Gasteiger partial charge in [0.2, 0.25) is 0 Å². The fourth-order valence-corrected chi connectivity index (χ4v) is 2.34. The summed E-state index contributed by atoms with van der Waals surface area (Å²) in [6, 6.07) is 5.23. The number of Topliss-reactive ketones (excluding diaryl/α,β-unsaturated/α-hetero) is 1. The van der Waals surface area contributed by atoms with Crippen LogP contribution < -0.4 is 0 Å². The van der Waals surface area contributed by atoms with E-state index in [-0.39, 0.29) is 5.78 Å². The first kappa shape index (κ1) is 10.3. The van der Waals surface area contributed by atoms with Gasteiger partial charge in [-0.1, -0.05) is 11.6 Å². The van der Waals surface area contributed by atoms with Crippen molar-refractivity contribution >= 4 is 28.7 Å². The molecule has 0 unspecified atom stereocenters. The van der Waals surface area contributed by atoms with Crippen LogP contribution in [0.1, 0.15) is 15.2 Å². The lowest BCUT2D eigenvalue weighted by molar-refractivity contribution is 0.0993. The predicted octanol–water partition coefficient (Wildman–Crippen LogP) is 3.22. The number of pyridine rings is 1. The molecule has 76 valence electrons. The minimum atomic E-state index is 0.0711. The van der Waals surface area contributed by atoms with Crippen molar-refractivity contribution in [3.63, 3.8) is 0 Å². The highest BCUT2D eigenvalue weighted by molar-refractivity contribution is 7.10. The van der Waals surface area contributed by atoms with Crippen LogP contribution in [-0.2, 0) is 6.42 Å². The number of carbonyl (C=O) groups is 1. The normalized spacial score (nSPS) is 10.2. The number of aromatic nitrogens is 1. The average molecular weight is 238 g/mol. The molecule has 0 amide bonds. The van der Waals surface area contributed by atoms with E-state index in [1.807, 2.05) is 5.38 Å². The molecule has 4 heteroatoms. The first-order valence-electron chi connectivity index (χ1n) is 4.42. The Morgan fingerprint density at radius 1 is 1.33 bits per heavy atom. The molecule has 0 saturated carbocycles. The summed E-state index contributed by atoms with van der Waals surface area (Å²) in [7, 11) is 0. The largest absolute Gasteiger partial charge is 0.294 e. The van der Waals surface area contributed by atoms with E-state index in [1.54, 1.807) is 30.6 Å². The molecular formula is C11H8ClNOS. The maximum Gasteiger partial charge on any atom is 0.168 e. The number of hydrogen-bond donors (Lipinski definition) is 0. The third-order valence-corrected chi connectivity index (χ3v) is 3.40. The number of hydrogen-bond acceptors (Lipinski definition) is 3. The molecule has 0 saturated heterocycles. The van der Waals surface area contributed by atoms with Gasteiger partial charge in [0.05, 0.1) is 5.02 Å². The molecule has 0 aliphatic rings. The predicted molar refractivity (Wildman–Crippen MR) is 61.6 cm³/mol. The van der Waals surface area contributed by atoms with Gasteiger partial charge >= 0.3 is 0 Å². The van der Waals surface area contributed by atoms with Gasteiger partial charge in [-0.15, -0.1) is 11.3 Å². The Morgan fingerprint density at radius 2 is 2.07 bits per heavy atom. The second kappa shape index (κ2) is 4.55.